The molecule has 0 aliphatic rings. The van der Waals surface area contributed by atoms with Crippen molar-refractivity contribution in [3.8, 4) is 5.69 Å². The van der Waals surface area contributed by atoms with Gasteiger partial charge in [0, 0.05) is 0 Å². The molecule has 0 radical (unpaired) electrons. The number of ether oxygens (including phenoxy) is 1. The molecular formula is C22H22N4O2. The first kappa shape index (κ1) is 18.0. The summed E-state index contributed by atoms with van der Waals surface area (Å²) in [6.45, 7) is 6.28. The van der Waals surface area contributed by atoms with Gasteiger partial charge in [0.2, 0.25) is 0 Å². The first-order chi connectivity index (χ1) is 13.5. The van der Waals surface area contributed by atoms with Gasteiger partial charge < -0.3 is 10.5 Å². The number of aryl methyl sites for hydroxylation is 1. The molecule has 0 spiro atoms. The highest BCUT2D eigenvalue weighted by Crippen LogP contribution is 2.32. The zero-order chi connectivity index (χ0) is 19.8. The Kier molecular flexibility index (Phi) is 4.47. The van der Waals surface area contributed by atoms with E-state index in [9.17, 15) is 4.79 Å². The molecule has 6 nitrogen and oxygen atoms in total. The van der Waals surface area contributed by atoms with Gasteiger partial charge in [-0.1, -0.05) is 44.2 Å². The minimum Gasteiger partial charge on any atom is -0.462 e. The van der Waals surface area contributed by atoms with E-state index in [1.54, 1.807) is 4.57 Å². The van der Waals surface area contributed by atoms with Gasteiger partial charge in [-0.25, -0.2) is 14.8 Å². The van der Waals surface area contributed by atoms with Gasteiger partial charge >= 0.3 is 5.97 Å². The molecule has 0 fully saturated rings. The Labute approximate surface area is 163 Å². The van der Waals surface area contributed by atoms with E-state index < -0.39 is 5.97 Å². The van der Waals surface area contributed by atoms with Crippen molar-refractivity contribution in [1.82, 2.24) is 14.5 Å². The third-order valence-corrected chi connectivity index (χ3v) is 4.61. The molecule has 0 aliphatic carbocycles. The zero-order valence-electron chi connectivity index (χ0n) is 16.1. The van der Waals surface area contributed by atoms with Crippen LogP contribution in [0.5, 0.6) is 0 Å². The first-order valence-corrected chi connectivity index (χ1v) is 9.27. The summed E-state index contributed by atoms with van der Waals surface area (Å²) >= 11 is 0. The van der Waals surface area contributed by atoms with Crippen LogP contribution in [0.25, 0.3) is 27.9 Å². The lowest BCUT2D eigenvalue weighted by molar-refractivity contribution is 0.0462. The van der Waals surface area contributed by atoms with Crippen molar-refractivity contribution in [1.29, 1.82) is 0 Å². The predicted octanol–water partition coefficient (Wildman–Crippen LogP) is 4.28. The second-order valence-electron chi connectivity index (χ2n) is 7.26. The van der Waals surface area contributed by atoms with Crippen molar-refractivity contribution in [2.45, 2.75) is 20.8 Å². The Hall–Kier alpha value is -3.41. The molecule has 2 aromatic carbocycles. The number of hydrogen-bond donors (Lipinski definition) is 1. The fourth-order valence-electron chi connectivity index (χ4n) is 3.24. The molecule has 28 heavy (non-hydrogen) atoms. The molecule has 0 bridgehead atoms. The van der Waals surface area contributed by atoms with E-state index in [1.165, 1.54) is 0 Å². The van der Waals surface area contributed by atoms with E-state index in [2.05, 4.69) is 0 Å². The number of aromatic nitrogens is 3. The maximum Gasteiger partial charge on any atom is 0.344 e. The van der Waals surface area contributed by atoms with Gasteiger partial charge in [-0.3, -0.25) is 4.57 Å². The van der Waals surface area contributed by atoms with Gasteiger partial charge in [0.1, 0.15) is 16.9 Å². The van der Waals surface area contributed by atoms with Crippen LogP contribution in [0.3, 0.4) is 0 Å². The summed E-state index contributed by atoms with van der Waals surface area (Å²) < 4.78 is 7.26. The van der Waals surface area contributed by atoms with E-state index >= 15 is 0 Å². The van der Waals surface area contributed by atoms with Gasteiger partial charge in [0.25, 0.3) is 0 Å². The number of fused-ring (bicyclic) bond motifs is 2. The lowest BCUT2D eigenvalue weighted by Crippen LogP contribution is -2.12. The van der Waals surface area contributed by atoms with Crippen molar-refractivity contribution in [2.24, 2.45) is 5.92 Å². The number of carbonyl (C=O) groups is 1. The summed E-state index contributed by atoms with van der Waals surface area (Å²) in [6.07, 6.45) is 0. The number of hydrogen-bond acceptors (Lipinski definition) is 5. The van der Waals surface area contributed by atoms with Crippen molar-refractivity contribution >= 4 is 34.0 Å². The van der Waals surface area contributed by atoms with Crippen LogP contribution in [0.2, 0.25) is 0 Å². The molecule has 0 amide bonds. The van der Waals surface area contributed by atoms with Crippen LogP contribution in [-0.4, -0.2) is 27.1 Å². The Bertz CT molecular complexity index is 1190. The van der Waals surface area contributed by atoms with Crippen molar-refractivity contribution in [2.75, 3.05) is 12.3 Å². The van der Waals surface area contributed by atoms with Gasteiger partial charge in [-0.05, 0) is 36.6 Å². The average molecular weight is 374 g/mol. The Morgan fingerprint density at radius 1 is 1.07 bits per heavy atom. The van der Waals surface area contributed by atoms with Crippen LogP contribution in [-0.2, 0) is 4.74 Å². The van der Waals surface area contributed by atoms with E-state index in [0.29, 0.717) is 23.3 Å². The number of rotatable bonds is 4. The number of nitrogens with zero attached hydrogens (tertiary/aromatic N) is 3. The smallest absolute Gasteiger partial charge is 0.344 e. The number of nitrogen functional groups attached to an aromatic ring is 1. The normalized spacial score (nSPS) is 11.4. The summed E-state index contributed by atoms with van der Waals surface area (Å²) in [5.74, 6) is 0.0308. The minimum absolute atomic E-state index is 0.224. The SMILES string of the molecule is Cc1ccccc1-n1c(N)c(C(=O)OCC(C)C)c2nc3ccccc3nc21. The lowest BCUT2D eigenvalue weighted by atomic mass is 10.2. The highest BCUT2D eigenvalue weighted by molar-refractivity contribution is 6.09. The van der Waals surface area contributed by atoms with Crippen LogP contribution < -0.4 is 5.73 Å². The summed E-state index contributed by atoms with van der Waals surface area (Å²) in [6, 6.07) is 15.4. The highest BCUT2D eigenvalue weighted by atomic mass is 16.5. The number of anilines is 1. The molecule has 2 aromatic heterocycles. The van der Waals surface area contributed by atoms with Gasteiger partial charge in [0.15, 0.2) is 5.65 Å². The van der Waals surface area contributed by atoms with Crippen LogP contribution in [0.15, 0.2) is 48.5 Å². The van der Waals surface area contributed by atoms with Crippen molar-refractivity contribution in [3.05, 3.63) is 59.7 Å². The number of carbonyl (C=O) groups excluding carboxylic acids is 1. The van der Waals surface area contributed by atoms with Crippen LogP contribution >= 0.6 is 0 Å². The lowest BCUT2D eigenvalue weighted by Gasteiger charge is -2.11. The molecular weight excluding hydrogens is 352 g/mol. The van der Waals surface area contributed by atoms with E-state index in [1.807, 2.05) is 69.3 Å². The molecule has 2 heterocycles. The average Bonchev–Trinajstić information content (AvgIpc) is 2.95. The monoisotopic (exact) mass is 374 g/mol. The largest absolute Gasteiger partial charge is 0.462 e. The second kappa shape index (κ2) is 6.96. The fourth-order valence-corrected chi connectivity index (χ4v) is 3.24. The summed E-state index contributed by atoms with van der Waals surface area (Å²) in [5, 5.41) is 0. The quantitative estimate of drug-likeness (QED) is 0.539. The van der Waals surface area contributed by atoms with E-state index in [-0.39, 0.29) is 17.3 Å². The second-order valence-corrected chi connectivity index (χ2v) is 7.26. The molecule has 4 rings (SSSR count). The Morgan fingerprint density at radius 3 is 2.39 bits per heavy atom. The molecule has 142 valence electrons. The van der Waals surface area contributed by atoms with Crippen molar-refractivity contribution < 1.29 is 9.53 Å². The molecule has 0 aliphatic heterocycles. The number of esters is 1. The fraction of sp³-hybridized carbons (Fsp3) is 0.227. The molecule has 0 atom stereocenters. The standard InChI is InChI=1S/C22H22N4O2/c1-13(2)12-28-22(27)18-19-21(25-16-10-6-5-9-15(16)24-19)26(20(18)23)17-11-7-4-8-14(17)3/h4-11,13H,12,23H2,1-3H3. The molecule has 2 N–H and O–H groups in total. The topological polar surface area (TPSA) is 83.0 Å². The maximum atomic E-state index is 12.9. The minimum atomic E-state index is -0.479. The van der Waals surface area contributed by atoms with Crippen molar-refractivity contribution in [3.63, 3.8) is 0 Å². The van der Waals surface area contributed by atoms with Crippen LogP contribution in [0.4, 0.5) is 5.82 Å². The third-order valence-electron chi connectivity index (χ3n) is 4.61. The van der Waals surface area contributed by atoms with Gasteiger partial charge in [-0.2, -0.15) is 0 Å². The maximum absolute atomic E-state index is 12.9. The van der Waals surface area contributed by atoms with E-state index in [4.69, 9.17) is 20.4 Å². The predicted molar refractivity (Wildman–Crippen MR) is 111 cm³/mol. The summed E-state index contributed by atoms with van der Waals surface area (Å²) in [7, 11) is 0. The summed E-state index contributed by atoms with van der Waals surface area (Å²) in [5.41, 5.74) is 11.0. The van der Waals surface area contributed by atoms with Crippen LogP contribution in [0, 0.1) is 12.8 Å². The summed E-state index contributed by atoms with van der Waals surface area (Å²) in [4.78, 5) is 22.3. The number of benzene rings is 2. The third kappa shape index (κ3) is 2.97. The number of nitrogens with two attached hydrogens (primary N) is 1. The molecule has 0 saturated carbocycles. The van der Waals surface area contributed by atoms with Gasteiger partial charge in [-0.15, -0.1) is 0 Å². The Balaban J connectivity index is 2.03. The number of para-hydroxylation sites is 3. The molecule has 0 saturated heterocycles. The van der Waals surface area contributed by atoms with Crippen LogP contribution in [0.1, 0.15) is 29.8 Å². The van der Waals surface area contributed by atoms with E-state index in [0.717, 1.165) is 16.8 Å². The zero-order valence-corrected chi connectivity index (χ0v) is 16.1. The van der Waals surface area contributed by atoms with Gasteiger partial charge in [0.05, 0.1) is 23.3 Å². The highest BCUT2D eigenvalue weighted by Gasteiger charge is 2.26. The molecule has 4 aromatic rings. The Morgan fingerprint density at radius 2 is 1.71 bits per heavy atom. The molecule has 0 unspecified atom stereocenters. The molecule has 6 heteroatoms. The first-order valence-electron chi connectivity index (χ1n) is 9.27.